The van der Waals surface area contributed by atoms with Gasteiger partial charge in [0.2, 0.25) is 0 Å². The minimum Gasteiger partial charge on any atom is -0.378 e. The Kier molecular flexibility index (Phi) is 5.53. The van der Waals surface area contributed by atoms with Gasteiger partial charge < -0.3 is 15.1 Å². The van der Waals surface area contributed by atoms with Gasteiger partial charge in [-0.3, -0.25) is 4.79 Å². The number of carbonyl (C=O) groups is 1. The highest BCUT2D eigenvalue weighted by atomic mass is 32.1. The van der Waals surface area contributed by atoms with Crippen LogP contribution in [0.2, 0.25) is 0 Å². The summed E-state index contributed by atoms with van der Waals surface area (Å²) >= 11 is 1.81. The third-order valence-electron chi connectivity index (χ3n) is 4.70. The van der Waals surface area contributed by atoms with Crippen LogP contribution in [0.4, 0.5) is 5.69 Å². The number of nitrogens with one attached hydrogen (secondary N) is 2. The topological polar surface area (TPSA) is 36.8 Å². The van der Waals surface area contributed by atoms with Crippen LogP contribution in [0.5, 0.6) is 0 Å². The maximum absolute atomic E-state index is 12.3. The molecule has 2 heterocycles. The van der Waals surface area contributed by atoms with Gasteiger partial charge in [-0.25, -0.2) is 0 Å². The monoisotopic (exact) mass is 344 g/mol. The van der Waals surface area contributed by atoms with E-state index in [1.807, 2.05) is 25.4 Å². The smallest absolute Gasteiger partial charge is 0.275 e. The quantitative estimate of drug-likeness (QED) is 0.839. The van der Waals surface area contributed by atoms with Crippen LogP contribution < -0.4 is 15.1 Å². The standard InChI is InChI=1S/C19H25N3OS/c1-21(2)16-9-7-15(8-10-16)13-20-19(23)14-22-11-3-5-17(22)18-6-4-12-24-18/h4,6-10,12,17H,3,5,11,13-14H2,1-2H3,(H,20,23)/p+1/t17-/m0/s1. The molecule has 1 aliphatic rings. The molecule has 1 fully saturated rings. The van der Waals surface area contributed by atoms with Crippen molar-refractivity contribution in [1.82, 2.24) is 5.32 Å². The summed E-state index contributed by atoms with van der Waals surface area (Å²) in [6.07, 6.45) is 2.40. The van der Waals surface area contributed by atoms with Crippen LogP contribution in [-0.2, 0) is 11.3 Å². The molecule has 0 bridgehead atoms. The number of likely N-dealkylation sites (tertiary alicyclic amines) is 1. The van der Waals surface area contributed by atoms with Gasteiger partial charge in [0.1, 0.15) is 6.04 Å². The Morgan fingerprint density at radius 3 is 2.75 bits per heavy atom. The first-order valence-corrected chi connectivity index (χ1v) is 9.42. The third-order valence-corrected chi connectivity index (χ3v) is 5.69. The third kappa shape index (κ3) is 4.16. The highest BCUT2D eigenvalue weighted by molar-refractivity contribution is 7.10. The average molecular weight is 345 g/mol. The van der Waals surface area contributed by atoms with Crippen LogP contribution in [0, 0.1) is 0 Å². The number of benzene rings is 1. The molecule has 24 heavy (non-hydrogen) atoms. The van der Waals surface area contributed by atoms with E-state index < -0.39 is 0 Å². The number of thiophene rings is 1. The molecule has 3 rings (SSSR count). The SMILES string of the molecule is CN(C)c1ccc(CNC(=O)C[NH+]2CCC[C@H]2c2cccs2)cc1. The van der Waals surface area contributed by atoms with Crippen LogP contribution in [0.1, 0.15) is 29.3 Å². The lowest BCUT2D eigenvalue weighted by Gasteiger charge is -2.20. The number of carbonyl (C=O) groups excluding carboxylic acids is 1. The summed E-state index contributed by atoms with van der Waals surface area (Å²) < 4.78 is 0. The minimum atomic E-state index is 0.144. The van der Waals surface area contributed by atoms with Crippen molar-refractivity contribution in [2.24, 2.45) is 0 Å². The molecule has 1 saturated heterocycles. The summed E-state index contributed by atoms with van der Waals surface area (Å²) in [4.78, 5) is 17.2. The van der Waals surface area contributed by atoms with Gasteiger partial charge in [0.05, 0.1) is 11.4 Å². The van der Waals surface area contributed by atoms with Crippen molar-refractivity contribution in [3.8, 4) is 0 Å². The number of quaternary nitrogens is 1. The fraction of sp³-hybridized carbons (Fsp3) is 0.421. The first kappa shape index (κ1) is 17.0. The normalized spacial score (nSPS) is 20.1. The Bertz CT molecular complexity index is 652. The zero-order valence-corrected chi connectivity index (χ0v) is 15.2. The van der Waals surface area contributed by atoms with E-state index in [4.69, 9.17) is 0 Å². The van der Waals surface area contributed by atoms with E-state index in [1.54, 1.807) is 0 Å². The van der Waals surface area contributed by atoms with Crippen molar-refractivity contribution in [2.75, 3.05) is 32.1 Å². The second kappa shape index (κ2) is 7.81. The summed E-state index contributed by atoms with van der Waals surface area (Å²) in [5, 5.41) is 5.20. The van der Waals surface area contributed by atoms with Gasteiger partial charge in [-0.15, -0.1) is 11.3 Å². The fourth-order valence-corrected chi connectivity index (χ4v) is 4.26. The molecule has 5 heteroatoms. The predicted octanol–water partition coefficient (Wildman–Crippen LogP) is 1.85. The minimum absolute atomic E-state index is 0.144. The van der Waals surface area contributed by atoms with Crippen molar-refractivity contribution >= 4 is 22.9 Å². The molecule has 2 atom stereocenters. The fourth-order valence-electron chi connectivity index (χ4n) is 3.34. The average Bonchev–Trinajstić information content (AvgIpc) is 3.24. The zero-order valence-electron chi connectivity index (χ0n) is 14.4. The van der Waals surface area contributed by atoms with Crippen LogP contribution in [0.15, 0.2) is 41.8 Å². The summed E-state index contributed by atoms with van der Waals surface area (Å²) in [7, 11) is 4.05. The molecule has 2 aromatic rings. The molecule has 1 amide bonds. The lowest BCUT2D eigenvalue weighted by Crippen LogP contribution is -3.11. The van der Waals surface area contributed by atoms with Gasteiger partial charge in [-0.2, -0.15) is 0 Å². The maximum atomic E-state index is 12.3. The second-order valence-electron chi connectivity index (χ2n) is 6.63. The lowest BCUT2D eigenvalue weighted by atomic mass is 10.2. The van der Waals surface area contributed by atoms with Crippen molar-refractivity contribution in [3.05, 3.63) is 52.2 Å². The lowest BCUT2D eigenvalue weighted by molar-refractivity contribution is -0.910. The van der Waals surface area contributed by atoms with E-state index >= 15 is 0 Å². The van der Waals surface area contributed by atoms with E-state index in [2.05, 4.69) is 52.0 Å². The molecular formula is C19H26N3OS+. The molecule has 2 N–H and O–H groups in total. The second-order valence-corrected chi connectivity index (χ2v) is 7.61. The number of hydrogen-bond donors (Lipinski definition) is 2. The number of amides is 1. The summed E-state index contributed by atoms with van der Waals surface area (Å²) in [5.74, 6) is 0.144. The van der Waals surface area contributed by atoms with Gasteiger partial charge in [-0.05, 0) is 29.1 Å². The molecule has 1 aliphatic heterocycles. The Morgan fingerprint density at radius 1 is 1.29 bits per heavy atom. The van der Waals surface area contributed by atoms with Crippen LogP contribution >= 0.6 is 11.3 Å². The molecule has 0 aliphatic carbocycles. The number of rotatable bonds is 6. The number of nitrogens with zero attached hydrogens (tertiary/aromatic N) is 1. The van der Waals surface area contributed by atoms with Crippen molar-refractivity contribution < 1.29 is 9.69 Å². The number of hydrogen-bond acceptors (Lipinski definition) is 3. The summed E-state index contributed by atoms with van der Waals surface area (Å²) in [5.41, 5.74) is 2.31. The van der Waals surface area contributed by atoms with Crippen molar-refractivity contribution in [3.63, 3.8) is 0 Å². The summed E-state index contributed by atoms with van der Waals surface area (Å²) in [6.45, 7) is 2.26. The van der Waals surface area contributed by atoms with Gasteiger partial charge >= 0.3 is 0 Å². The van der Waals surface area contributed by atoms with E-state index in [9.17, 15) is 4.79 Å². The molecule has 1 aromatic heterocycles. The molecular weight excluding hydrogens is 318 g/mol. The Labute approximate surface area is 148 Å². The molecule has 1 aromatic carbocycles. The highest BCUT2D eigenvalue weighted by Gasteiger charge is 2.32. The Morgan fingerprint density at radius 2 is 2.08 bits per heavy atom. The largest absolute Gasteiger partial charge is 0.378 e. The van der Waals surface area contributed by atoms with Crippen LogP contribution in [0.25, 0.3) is 0 Å². The molecule has 0 saturated carbocycles. The zero-order chi connectivity index (χ0) is 16.9. The molecule has 128 valence electrons. The van der Waals surface area contributed by atoms with E-state index in [1.165, 1.54) is 28.3 Å². The van der Waals surface area contributed by atoms with E-state index in [0.717, 1.165) is 12.1 Å². The van der Waals surface area contributed by atoms with Crippen molar-refractivity contribution in [2.45, 2.75) is 25.4 Å². The molecule has 0 radical (unpaired) electrons. The van der Waals surface area contributed by atoms with Gasteiger partial charge in [0, 0.05) is 39.2 Å². The number of anilines is 1. The van der Waals surface area contributed by atoms with Crippen LogP contribution in [-0.4, -0.2) is 33.1 Å². The van der Waals surface area contributed by atoms with Gasteiger partial charge in [0.25, 0.3) is 5.91 Å². The molecule has 0 spiro atoms. The Balaban J connectivity index is 1.50. The first-order chi connectivity index (χ1) is 11.6. The van der Waals surface area contributed by atoms with E-state index in [-0.39, 0.29) is 5.91 Å². The van der Waals surface area contributed by atoms with E-state index in [0.29, 0.717) is 19.1 Å². The van der Waals surface area contributed by atoms with Crippen molar-refractivity contribution in [1.29, 1.82) is 0 Å². The predicted molar refractivity (Wildman–Crippen MR) is 99.6 cm³/mol. The Hall–Kier alpha value is -1.85. The first-order valence-electron chi connectivity index (χ1n) is 8.54. The molecule has 4 nitrogen and oxygen atoms in total. The highest BCUT2D eigenvalue weighted by Crippen LogP contribution is 2.23. The van der Waals surface area contributed by atoms with Gasteiger partial charge in [0.15, 0.2) is 6.54 Å². The maximum Gasteiger partial charge on any atom is 0.275 e. The summed E-state index contributed by atoms with van der Waals surface area (Å²) in [6, 6.07) is 13.1. The molecule has 1 unspecified atom stereocenters. The van der Waals surface area contributed by atoms with Crippen LogP contribution in [0.3, 0.4) is 0 Å². The van der Waals surface area contributed by atoms with Gasteiger partial charge in [-0.1, -0.05) is 18.2 Å².